The zero-order valence-corrected chi connectivity index (χ0v) is 11.9. The van der Waals surface area contributed by atoms with Gasteiger partial charge in [0.05, 0.1) is 0 Å². The van der Waals surface area contributed by atoms with Gasteiger partial charge in [0.25, 0.3) is 0 Å². The number of rotatable bonds is 0. The van der Waals surface area contributed by atoms with Gasteiger partial charge >= 0.3 is 58.4 Å². The second-order valence-corrected chi connectivity index (χ2v) is 0. The van der Waals surface area contributed by atoms with Crippen LogP contribution in [0.2, 0.25) is 0 Å². The summed E-state index contributed by atoms with van der Waals surface area (Å²) in [5.74, 6) is 0. The monoisotopic (exact) mass is 220 g/mol. The molecule has 0 aliphatic carbocycles. The molecule has 0 atom stereocenters. The van der Waals surface area contributed by atoms with Crippen LogP contribution in [-0.4, -0.2) is 0 Å². The van der Waals surface area contributed by atoms with Crippen LogP contribution in [0.25, 0.3) is 12.3 Å². The van der Waals surface area contributed by atoms with E-state index < -0.39 is 0 Å². The molecule has 2 nitrogen and oxygen atoms in total. The number of nitrogens with zero attached hydrogens (tertiary/aromatic N) is 2. The Labute approximate surface area is 70.3 Å². The van der Waals surface area contributed by atoms with Gasteiger partial charge in [0.2, 0.25) is 0 Å². The molecular formula is N2Zn3. The Hall–Kier alpha value is 1.79. The summed E-state index contributed by atoms with van der Waals surface area (Å²) in [6.07, 6.45) is 0. The fourth-order valence-corrected chi connectivity index (χ4v) is 0. The van der Waals surface area contributed by atoms with Gasteiger partial charge in [0.1, 0.15) is 0 Å². The van der Waals surface area contributed by atoms with Crippen molar-refractivity contribution in [3.8, 4) is 0 Å². The van der Waals surface area contributed by atoms with E-state index in [-0.39, 0.29) is 70.7 Å². The Morgan fingerprint density at radius 1 is 0.400 bits per heavy atom. The third-order valence-electron chi connectivity index (χ3n) is 0. The zero-order chi connectivity index (χ0) is 0. The van der Waals surface area contributed by atoms with Crippen molar-refractivity contribution in [3.63, 3.8) is 0 Å². The van der Waals surface area contributed by atoms with Gasteiger partial charge in [-0.1, -0.05) is 0 Å². The average Bonchev–Trinajstić information content (AvgIpc) is 0. The predicted octanol–water partition coefficient (Wildman–Crippen LogP) is 0.570. The molecule has 0 N–H and O–H groups in total. The van der Waals surface area contributed by atoms with Gasteiger partial charge in [-0.15, -0.1) is 0 Å². The molecule has 0 spiro atoms. The average molecular weight is 224 g/mol. The maximum atomic E-state index is 0. The molecule has 0 aromatic carbocycles. The molecule has 0 fully saturated rings. The first-order valence-corrected chi connectivity index (χ1v) is 0. The van der Waals surface area contributed by atoms with Crippen molar-refractivity contribution in [2.75, 3.05) is 0 Å². The van der Waals surface area contributed by atoms with Crippen molar-refractivity contribution in [1.82, 2.24) is 0 Å². The van der Waals surface area contributed by atoms with Crippen LogP contribution in [0, 0.1) is 0 Å². The summed E-state index contributed by atoms with van der Waals surface area (Å²) in [6.45, 7) is 0. The summed E-state index contributed by atoms with van der Waals surface area (Å²) < 4.78 is 0. The Kier molecular flexibility index (Phi) is 589. The molecule has 0 aromatic heterocycles. The maximum Gasteiger partial charge on any atom is 2.00 e. The fourth-order valence-electron chi connectivity index (χ4n) is 0. The standard InChI is InChI=1S/2N.3Zn/q2*-3;3*+2. The summed E-state index contributed by atoms with van der Waals surface area (Å²) in [5, 5.41) is 0. The smallest absolute Gasteiger partial charge is 2.00 e. The topological polar surface area (TPSA) is 61.0 Å². The van der Waals surface area contributed by atoms with Crippen LogP contribution in [0.15, 0.2) is 0 Å². The Bertz CT molecular complexity index is 4.85. The van der Waals surface area contributed by atoms with Gasteiger partial charge in [-0.3, -0.25) is 0 Å². The molecule has 5 heavy (non-hydrogen) atoms. The molecule has 0 bridgehead atoms. The minimum atomic E-state index is 0. The summed E-state index contributed by atoms with van der Waals surface area (Å²) >= 11 is 0. The Morgan fingerprint density at radius 3 is 0.400 bits per heavy atom. The van der Waals surface area contributed by atoms with Crippen molar-refractivity contribution < 1.29 is 58.4 Å². The largest absolute Gasteiger partial charge is 3.00 e. The van der Waals surface area contributed by atoms with Gasteiger partial charge in [-0.2, -0.15) is 0 Å². The van der Waals surface area contributed by atoms with Crippen molar-refractivity contribution in [2.45, 2.75) is 0 Å². The van der Waals surface area contributed by atoms with Crippen molar-refractivity contribution >= 4 is 0 Å². The van der Waals surface area contributed by atoms with E-state index in [1.807, 2.05) is 0 Å². The summed E-state index contributed by atoms with van der Waals surface area (Å²) in [4.78, 5) is 0. The van der Waals surface area contributed by atoms with E-state index in [1.165, 1.54) is 0 Å². The SMILES string of the molecule is [N-3].[N-3].[Zn+2].[Zn+2].[Zn+2]. The fraction of sp³-hybridized carbons (Fsp3) is 0. The minimum Gasteiger partial charge on any atom is -3.00 e. The van der Waals surface area contributed by atoms with Crippen LogP contribution in [0.3, 0.4) is 0 Å². The van der Waals surface area contributed by atoms with Gasteiger partial charge in [-0.25, -0.2) is 0 Å². The molecule has 5 heteroatoms. The normalized spacial score (nSPS) is 0. The second-order valence-electron chi connectivity index (χ2n) is 0. The van der Waals surface area contributed by atoms with Crippen molar-refractivity contribution in [1.29, 1.82) is 0 Å². The summed E-state index contributed by atoms with van der Waals surface area (Å²) in [6, 6.07) is 0. The van der Waals surface area contributed by atoms with Gasteiger partial charge < -0.3 is 12.3 Å². The van der Waals surface area contributed by atoms with E-state index in [4.69, 9.17) is 0 Å². The number of hydrogen-bond donors (Lipinski definition) is 0. The van der Waals surface area contributed by atoms with Crippen LogP contribution in [-0.2, 0) is 58.4 Å². The molecule has 0 amide bonds. The molecule has 0 radical (unpaired) electrons. The Balaban J connectivity index is 0. The molecule has 0 heterocycles. The quantitative estimate of drug-likeness (QED) is 0.540. The van der Waals surface area contributed by atoms with Crippen LogP contribution < -0.4 is 0 Å². The first-order chi connectivity index (χ1) is 0. The third kappa shape index (κ3) is 26.0. The minimum absolute atomic E-state index is 0. The van der Waals surface area contributed by atoms with Crippen molar-refractivity contribution in [3.05, 3.63) is 12.3 Å². The maximum absolute atomic E-state index is 0. The first kappa shape index (κ1) is 71.0. The zero-order valence-electron chi connectivity index (χ0n) is 3.02. The summed E-state index contributed by atoms with van der Waals surface area (Å²) in [5.41, 5.74) is 0. The number of hydrogen-bond acceptors (Lipinski definition) is 0. The predicted molar refractivity (Wildman–Crippen MR) is 6.72 cm³/mol. The van der Waals surface area contributed by atoms with E-state index in [0.29, 0.717) is 0 Å². The van der Waals surface area contributed by atoms with Crippen LogP contribution in [0.1, 0.15) is 0 Å². The van der Waals surface area contributed by atoms with Crippen LogP contribution in [0.4, 0.5) is 0 Å². The van der Waals surface area contributed by atoms with Crippen LogP contribution in [0.5, 0.6) is 0 Å². The van der Waals surface area contributed by atoms with Gasteiger partial charge in [0.15, 0.2) is 0 Å². The summed E-state index contributed by atoms with van der Waals surface area (Å²) in [7, 11) is 0. The Morgan fingerprint density at radius 2 is 0.400 bits per heavy atom. The molecule has 0 aliphatic heterocycles. The third-order valence-corrected chi connectivity index (χ3v) is 0. The van der Waals surface area contributed by atoms with Gasteiger partial charge in [-0.05, 0) is 0 Å². The van der Waals surface area contributed by atoms with E-state index >= 15 is 0 Å². The van der Waals surface area contributed by atoms with Crippen molar-refractivity contribution in [2.24, 2.45) is 0 Å². The second kappa shape index (κ2) is 41.5. The first-order valence-electron chi connectivity index (χ1n) is 0. The molecule has 0 aromatic rings. The van der Waals surface area contributed by atoms with Crippen LogP contribution >= 0.6 is 0 Å². The molecular weight excluding hydrogens is 224 g/mol. The molecule has 0 saturated carbocycles. The van der Waals surface area contributed by atoms with E-state index in [0.717, 1.165) is 0 Å². The molecule has 16 valence electrons. The molecule has 0 aliphatic rings. The van der Waals surface area contributed by atoms with Gasteiger partial charge in [0, 0.05) is 0 Å². The van der Waals surface area contributed by atoms with E-state index in [1.54, 1.807) is 0 Å². The van der Waals surface area contributed by atoms with E-state index in [2.05, 4.69) is 0 Å². The molecule has 0 rings (SSSR count). The molecule has 0 saturated heterocycles. The molecule has 0 unspecified atom stereocenters. The van der Waals surface area contributed by atoms with E-state index in [9.17, 15) is 0 Å².